The number of halogens is 1. The van der Waals surface area contributed by atoms with Crippen LogP contribution in [-0.4, -0.2) is 16.2 Å². The maximum atomic E-state index is 5.74. The molecule has 4 heteroatoms. The fourth-order valence-electron chi connectivity index (χ4n) is 2.32. The van der Waals surface area contributed by atoms with Gasteiger partial charge in [0.2, 0.25) is 0 Å². The lowest BCUT2D eigenvalue weighted by molar-refractivity contribution is 0.317. The highest BCUT2D eigenvalue weighted by Crippen LogP contribution is 2.14. The monoisotopic (exact) mass is 356 g/mol. The molecule has 22 heavy (non-hydrogen) atoms. The maximum Gasteiger partial charge on any atom is 0.119 e. The first-order chi connectivity index (χ1) is 10.8. The predicted octanol–water partition coefficient (Wildman–Crippen LogP) is 4.32. The number of para-hydroxylation sites is 1. The molecule has 112 valence electrons. The Kier molecular flexibility index (Phi) is 4.91. The number of benzene rings is 2. The van der Waals surface area contributed by atoms with Crippen LogP contribution >= 0.6 is 15.9 Å². The third kappa shape index (κ3) is 3.98. The van der Waals surface area contributed by atoms with Gasteiger partial charge in [-0.2, -0.15) is 0 Å². The number of ether oxygens (including phenoxy) is 1. The van der Waals surface area contributed by atoms with Gasteiger partial charge in [0, 0.05) is 29.8 Å². The molecule has 0 radical (unpaired) electrons. The Morgan fingerprint density at radius 2 is 1.91 bits per heavy atom. The van der Waals surface area contributed by atoms with Crippen LogP contribution in [0.1, 0.15) is 11.4 Å². The summed E-state index contributed by atoms with van der Waals surface area (Å²) in [6.07, 6.45) is 4.64. The van der Waals surface area contributed by atoms with Gasteiger partial charge in [0.05, 0.1) is 6.61 Å². The molecule has 3 nitrogen and oxygen atoms in total. The van der Waals surface area contributed by atoms with Gasteiger partial charge in [-0.05, 0) is 29.8 Å². The van der Waals surface area contributed by atoms with E-state index in [1.165, 1.54) is 5.56 Å². The van der Waals surface area contributed by atoms with Crippen LogP contribution in [0.4, 0.5) is 0 Å². The number of nitrogens with zero attached hydrogens (tertiary/aromatic N) is 2. The highest BCUT2D eigenvalue weighted by Gasteiger charge is 2.04. The van der Waals surface area contributed by atoms with E-state index in [4.69, 9.17) is 4.74 Å². The minimum absolute atomic E-state index is 0.625. The van der Waals surface area contributed by atoms with Crippen LogP contribution in [0.3, 0.4) is 0 Å². The van der Waals surface area contributed by atoms with E-state index in [0.717, 1.165) is 29.0 Å². The molecule has 0 aliphatic carbocycles. The van der Waals surface area contributed by atoms with Gasteiger partial charge < -0.3 is 9.30 Å². The second kappa shape index (κ2) is 7.27. The highest BCUT2D eigenvalue weighted by molar-refractivity contribution is 9.10. The van der Waals surface area contributed by atoms with Gasteiger partial charge in [-0.25, -0.2) is 4.98 Å². The molecule has 1 heterocycles. The summed E-state index contributed by atoms with van der Waals surface area (Å²) < 4.78 is 9.00. The molecule has 0 aliphatic heterocycles. The first kappa shape index (κ1) is 14.9. The van der Waals surface area contributed by atoms with Crippen LogP contribution in [0.2, 0.25) is 0 Å². The van der Waals surface area contributed by atoms with Crippen molar-refractivity contribution in [3.63, 3.8) is 0 Å². The zero-order valence-electron chi connectivity index (χ0n) is 12.2. The minimum atomic E-state index is 0.625. The van der Waals surface area contributed by atoms with Gasteiger partial charge in [0.1, 0.15) is 11.6 Å². The fraction of sp³-hybridized carbons (Fsp3) is 0.167. The third-order valence-electron chi connectivity index (χ3n) is 3.38. The summed E-state index contributed by atoms with van der Waals surface area (Å²) in [5.74, 6) is 1.93. The van der Waals surface area contributed by atoms with Gasteiger partial charge >= 0.3 is 0 Å². The molecule has 1 aromatic heterocycles. The van der Waals surface area contributed by atoms with E-state index in [1.807, 2.05) is 48.8 Å². The molecule has 0 atom stereocenters. The molecule has 0 fully saturated rings. The molecule has 3 aromatic rings. The number of rotatable bonds is 6. The number of imidazole rings is 1. The quantitative estimate of drug-likeness (QED) is 0.657. The molecule has 0 bridgehead atoms. The third-order valence-corrected chi connectivity index (χ3v) is 3.87. The van der Waals surface area contributed by atoms with Crippen LogP contribution in [0, 0.1) is 0 Å². The predicted molar refractivity (Wildman–Crippen MR) is 91.1 cm³/mol. The second-order valence-corrected chi connectivity index (χ2v) is 5.93. The number of aromatic nitrogens is 2. The maximum absolute atomic E-state index is 5.74. The Balaban J connectivity index is 1.60. The zero-order valence-corrected chi connectivity index (χ0v) is 13.7. The standard InChI is InChI=1S/C18H17BrN2O/c19-16-6-4-5-15(13-16)14-21-11-10-20-18(21)9-12-22-17-7-2-1-3-8-17/h1-8,10-11,13H,9,12,14H2. The van der Waals surface area contributed by atoms with Gasteiger partial charge in [-0.15, -0.1) is 0 Å². The van der Waals surface area contributed by atoms with E-state index in [2.05, 4.69) is 43.7 Å². The van der Waals surface area contributed by atoms with E-state index >= 15 is 0 Å². The van der Waals surface area contributed by atoms with Crippen molar-refractivity contribution in [2.24, 2.45) is 0 Å². The summed E-state index contributed by atoms with van der Waals surface area (Å²) in [5, 5.41) is 0. The lowest BCUT2D eigenvalue weighted by atomic mass is 10.2. The molecule has 0 saturated heterocycles. The molecule has 0 aliphatic rings. The molecule has 0 unspecified atom stereocenters. The molecule has 0 N–H and O–H groups in total. The molecule has 0 saturated carbocycles. The van der Waals surface area contributed by atoms with E-state index in [-0.39, 0.29) is 0 Å². The normalized spacial score (nSPS) is 10.6. The summed E-state index contributed by atoms with van der Waals surface area (Å²) in [7, 11) is 0. The molecular formula is C18H17BrN2O. The van der Waals surface area contributed by atoms with E-state index in [0.29, 0.717) is 6.61 Å². The van der Waals surface area contributed by atoms with E-state index in [9.17, 15) is 0 Å². The summed E-state index contributed by atoms with van der Waals surface area (Å²) in [6.45, 7) is 1.44. The fourth-order valence-corrected chi connectivity index (χ4v) is 2.77. The Morgan fingerprint density at radius 3 is 2.73 bits per heavy atom. The lowest BCUT2D eigenvalue weighted by Crippen LogP contribution is -2.09. The minimum Gasteiger partial charge on any atom is -0.493 e. The van der Waals surface area contributed by atoms with Crippen molar-refractivity contribution >= 4 is 15.9 Å². The Bertz CT molecular complexity index is 725. The number of hydrogen-bond donors (Lipinski definition) is 0. The van der Waals surface area contributed by atoms with Crippen molar-refractivity contribution in [2.45, 2.75) is 13.0 Å². The first-order valence-corrected chi connectivity index (χ1v) is 8.03. The van der Waals surface area contributed by atoms with Crippen molar-refractivity contribution in [3.8, 4) is 5.75 Å². The van der Waals surface area contributed by atoms with Crippen LogP contribution in [0.5, 0.6) is 5.75 Å². The van der Waals surface area contributed by atoms with Crippen molar-refractivity contribution < 1.29 is 4.74 Å². The summed E-state index contributed by atoms with van der Waals surface area (Å²) in [4.78, 5) is 4.44. The Labute approximate surface area is 138 Å². The average molecular weight is 357 g/mol. The van der Waals surface area contributed by atoms with Crippen molar-refractivity contribution in [2.75, 3.05) is 6.61 Å². The van der Waals surface area contributed by atoms with E-state index in [1.54, 1.807) is 0 Å². The summed E-state index contributed by atoms with van der Waals surface area (Å²) in [5.41, 5.74) is 1.25. The molecule has 0 amide bonds. The molecular weight excluding hydrogens is 340 g/mol. The first-order valence-electron chi connectivity index (χ1n) is 7.23. The van der Waals surface area contributed by atoms with E-state index < -0.39 is 0 Å². The summed E-state index contributed by atoms with van der Waals surface area (Å²) in [6, 6.07) is 18.2. The SMILES string of the molecule is Brc1cccc(Cn2ccnc2CCOc2ccccc2)c1. The van der Waals surface area contributed by atoms with Crippen LogP contribution in [-0.2, 0) is 13.0 Å². The van der Waals surface area contributed by atoms with Crippen LogP contribution in [0.25, 0.3) is 0 Å². The lowest BCUT2D eigenvalue weighted by Gasteiger charge is -2.09. The second-order valence-electron chi connectivity index (χ2n) is 5.01. The molecule has 0 spiro atoms. The molecule has 2 aromatic carbocycles. The topological polar surface area (TPSA) is 27.1 Å². The largest absolute Gasteiger partial charge is 0.493 e. The molecule has 3 rings (SSSR count). The summed E-state index contributed by atoms with van der Waals surface area (Å²) >= 11 is 3.51. The van der Waals surface area contributed by atoms with Crippen LogP contribution < -0.4 is 4.74 Å². The van der Waals surface area contributed by atoms with Crippen molar-refractivity contribution in [3.05, 3.63) is 82.9 Å². The number of hydrogen-bond acceptors (Lipinski definition) is 2. The average Bonchev–Trinajstić information content (AvgIpc) is 2.96. The van der Waals surface area contributed by atoms with Crippen molar-refractivity contribution in [1.82, 2.24) is 9.55 Å². The van der Waals surface area contributed by atoms with Crippen LogP contribution in [0.15, 0.2) is 71.5 Å². The Hall–Kier alpha value is -2.07. The van der Waals surface area contributed by atoms with Gasteiger partial charge in [-0.3, -0.25) is 0 Å². The highest BCUT2D eigenvalue weighted by atomic mass is 79.9. The Morgan fingerprint density at radius 1 is 1.05 bits per heavy atom. The van der Waals surface area contributed by atoms with Gasteiger partial charge in [-0.1, -0.05) is 46.3 Å². The van der Waals surface area contributed by atoms with Gasteiger partial charge in [0.15, 0.2) is 0 Å². The smallest absolute Gasteiger partial charge is 0.119 e. The zero-order chi connectivity index (χ0) is 15.2. The van der Waals surface area contributed by atoms with Gasteiger partial charge in [0.25, 0.3) is 0 Å². The van der Waals surface area contributed by atoms with Crippen molar-refractivity contribution in [1.29, 1.82) is 0 Å².